The Balaban J connectivity index is 2.11. The Hall–Kier alpha value is -2.57. The molecule has 0 saturated heterocycles. The van der Waals surface area contributed by atoms with Crippen LogP contribution >= 0.6 is 23.2 Å². The number of ether oxygens (including phenoxy) is 2. The van der Waals surface area contributed by atoms with Crippen LogP contribution in [0.2, 0.25) is 10.0 Å². The normalized spacial score (nSPS) is 11.4. The van der Waals surface area contributed by atoms with E-state index in [1.807, 2.05) is 0 Å². The maximum atomic E-state index is 12.3. The molecular formula is C19H17Cl2NO5. The zero-order valence-corrected chi connectivity index (χ0v) is 16.1. The number of methoxy groups -OCH3 is 1. The minimum absolute atomic E-state index is 0.0673. The Morgan fingerprint density at radius 2 is 1.63 bits per heavy atom. The quantitative estimate of drug-likeness (QED) is 0.730. The summed E-state index contributed by atoms with van der Waals surface area (Å²) in [4.78, 5) is 35.4. The van der Waals surface area contributed by atoms with Gasteiger partial charge in [-0.1, -0.05) is 35.3 Å². The van der Waals surface area contributed by atoms with Gasteiger partial charge in [-0.15, -0.1) is 0 Å². The first-order valence-electron chi connectivity index (χ1n) is 7.88. The number of hydrogen-bond acceptors (Lipinski definition) is 5. The smallest absolute Gasteiger partial charge is 0.351 e. The highest BCUT2D eigenvalue weighted by Gasteiger charge is 2.26. The van der Waals surface area contributed by atoms with Gasteiger partial charge >= 0.3 is 11.9 Å². The van der Waals surface area contributed by atoms with E-state index in [-0.39, 0.29) is 12.3 Å². The lowest BCUT2D eigenvalue weighted by molar-refractivity contribution is -0.166. The lowest BCUT2D eigenvalue weighted by Gasteiger charge is -2.17. The van der Waals surface area contributed by atoms with Crippen LogP contribution in [0.5, 0.6) is 0 Å². The Morgan fingerprint density at radius 3 is 2.15 bits per heavy atom. The minimum Gasteiger partial charge on any atom is -0.466 e. The van der Waals surface area contributed by atoms with Gasteiger partial charge in [0.1, 0.15) is 0 Å². The molecule has 2 aromatic carbocycles. The molecule has 0 aromatic heterocycles. The van der Waals surface area contributed by atoms with Crippen LogP contribution in [0, 0.1) is 0 Å². The largest absolute Gasteiger partial charge is 0.466 e. The van der Waals surface area contributed by atoms with Crippen LogP contribution in [0.3, 0.4) is 0 Å². The molecule has 0 aliphatic rings. The Morgan fingerprint density at radius 1 is 1.04 bits per heavy atom. The van der Waals surface area contributed by atoms with Gasteiger partial charge in [-0.05, 0) is 35.9 Å². The average Bonchev–Trinajstić information content (AvgIpc) is 2.59. The molecule has 0 spiro atoms. The van der Waals surface area contributed by atoms with Crippen molar-refractivity contribution in [3.05, 3.63) is 63.6 Å². The van der Waals surface area contributed by atoms with Crippen molar-refractivity contribution in [3.8, 4) is 0 Å². The van der Waals surface area contributed by atoms with Gasteiger partial charge in [0.2, 0.25) is 12.0 Å². The lowest BCUT2D eigenvalue weighted by Crippen LogP contribution is -2.22. The van der Waals surface area contributed by atoms with Gasteiger partial charge in [-0.25, -0.2) is 4.79 Å². The summed E-state index contributed by atoms with van der Waals surface area (Å²) in [6, 6.07) is 11.1. The molecule has 0 saturated carbocycles. The van der Waals surface area contributed by atoms with Crippen LogP contribution in [0.25, 0.3) is 0 Å². The molecule has 0 bridgehead atoms. The summed E-state index contributed by atoms with van der Waals surface area (Å²) in [6.07, 6.45) is -1.35. The van der Waals surface area contributed by atoms with Crippen molar-refractivity contribution >= 4 is 46.7 Å². The predicted octanol–water partition coefficient (Wildman–Crippen LogP) is 3.95. The summed E-state index contributed by atoms with van der Waals surface area (Å²) in [7, 11) is 1.19. The van der Waals surface area contributed by atoms with E-state index in [1.54, 1.807) is 24.3 Å². The maximum Gasteiger partial charge on any atom is 0.351 e. The first kappa shape index (κ1) is 20.7. The molecule has 2 rings (SSSR count). The van der Waals surface area contributed by atoms with Gasteiger partial charge in [0, 0.05) is 28.2 Å². The van der Waals surface area contributed by atoms with Crippen molar-refractivity contribution in [2.75, 3.05) is 12.4 Å². The molecule has 142 valence electrons. The average molecular weight is 410 g/mol. The summed E-state index contributed by atoms with van der Waals surface area (Å²) in [5.74, 6) is -1.57. The van der Waals surface area contributed by atoms with E-state index in [2.05, 4.69) is 5.32 Å². The van der Waals surface area contributed by atoms with Crippen LogP contribution in [0.1, 0.15) is 24.2 Å². The minimum atomic E-state index is -1.28. The fraction of sp³-hybridized carbons (Fsp3) is 0.211. The molecular weight excluding hydrogens is 393 g/mol. The van der Waals surface area contributed by atoms with Gasteiger partial charge in [-0.2, -0.15) is 0 Å². The number of halogens is 2. The number of carbonyl (C=O) groups is 3. The molecule has 8 heteroatoms. The number of esters is 2. The number of hydrogen-bond donors (Lipinski definition) is 1. The monoisotopic (exact) mass is 409 g/mol. The standard InChI is InChI=1S/C19H17Cl2NO5/c1-11(23)22-16-5-3-12(4-6-16)7-17(24)27-18(19(25)26-2)13-8-14(20)10-15(21)9-13/h3-6,8-10,18H,7H2,1-2H3,(H,22,23)/t18-/m0/s1. The second-order valence-corrected chi connectivity index (χ2v) is 6.52. The van der Waals surface area contributed by atoms with Crippen LogP contribution < -0.4 is 5.32 Å². The second-order valence-electron chi connectivity index (χ2n) is 5.65. The number of nitrogens with one attached hydrogen (secondary N) is 1. The topological polar surface area (TPSA) is 81.7 Å². The second kappa shape index (κ2) is 9.39. The summed E-state index contributed by atoms with van der Waals surface area (Å²) < 4.78 is 10.0. The highest BCUT2D eigenvalue weighted by molar-refractivity contribution is 6.34. The van der Waals surface area contributed by atoms with E-state index in [4.69, 9.17) is 32.7 Å². The molecule has 0 unspecified atom stereocenters. The van der Waals surface area contributed by atoms with E-state index < -0.39 is 18.0 Å². The number of anilines is 1. The van der Waals surface area contributed by atoms with Crippen LogP contribution in [0.4, 0.5) is 5.69 Å². The van der Waals surface area contributed by atoms with Gasteiger partial charge in [0.15, 0.2) is 0 Å². The van der Waals surface area contributed by atoms with Gasteiger partial charge in [0.05, 0.1) is 13.5 Å². The van der Waals surface area contributed by atoms with Crippen LogP contribution in [-0.2, 0) is 30.3 Å². The molecule has 6 nitrogen and oxygen atoms in total. The van der Waals surface area contributed by atoms with Crippen molar-refractivity contribution in [2.24, 2.45) is 0 Å². The summed E-state index contributed by atoms with van der Waals surface area (Å²) >= 11 is 11.9. The first-order chi connectivity index (χ1) is 12.8. The third kappa shape index (κ3) is 6.27. The zero-order valence-electron chi connectivity index (χ0n) is 14.6. The fourth-order valence-electron chi connectivity index (χ4n) is 2.33. The molecule has 0 heterocycles. The van der Waals surface area contributed by atoms with Crippen molar-refractivity contribution < 1.29 is 23.9 Å². The molecule has 0 radical (unpaired) electrons. The SMILES string of the molecule is COC(=O)[C@@H](OC(=O)Cc1ccc(NC(C)=O)cc1)c1cc(Cl)cc(Cl)c1. The number of carbonyl (C=O) groups excluding carboxylic acids is 3. The van der Waals surface area contributed by atoms with E-state index >= 15 is 0 Å². The first-order valence-corrected chi connectivity index (χ1v) is 8.64. The number of rotatable bonds is 6. The predicted molar refractivity (Wildman–Crippen MR) is 102 cm³/mol. The Labute approximate surface area is 166 Å². The van der Waals surface area contributed by atoms with E-state index in [1.165, 1.54) is 32.2 Å². The van der Waals surface area contributed by atoms with Crippen LogP contribution in [-0.4, -0.2) is 25.0 Å². The van der Waals surface area contributed by atoms with Crippen molar-refractivity contribution in [1.29, 1.82) is 0 Å². The van der Waals surface area contributed by atoms with Gasteiger partial charge in [0.25, 0.3) is 0 Å². The summed E-state index contributed by atoms with van der Waals surface area (Å²) in [5, 5.41) is 3.23. The van der Waals surface area contributed by atoms with E-state index in [0.717, 1.165) is 0 Å². The molecule has 1 atom stereocenters. The van der Waals surface area contributed by atoms with Crippen molar-refractivity contribution in [2.45, 2.75) is 19.4 Å². The van der Waals surface area contributed by atoms with E-state index in [0.29, 0.717) is 26.9 Å². The molecule has 1 amide bonds. The Kier molecular flexibility index (Phi) is 7.21. The number of amides is 1. The molecule has 2 aromatic rings. The maximum absolute atomic E-state index is 12.3. The van der Waals surface area contributed by atoms with Gasteiger partial charge in [-0.3, -0.25) is 9.59 Å². The van der Waals surface area contributed by atoms with Gasteiger partial charge < -0.3 is 14.8 Å². The third-order valence-corrected chi connectivity index (χ3v) is 3.91. The van der Waals surface area contributed by atoms with Crippen molar-refractivity contribution in [1.82, 2.24) is 0 Å². The van der Waals surface area contributed by atoms with E-state index in [9.17, 15) is 14.4 Å². The lowest BCUT2D eigenvalue weighted by atomic mass is 10.1. The van der Waals surface area contributed by atoms with Crippen molar-refractivity contribution in [3.63, 3.8) is 0 Å². The summed E-state index contributed by atoms with van der Waals surface area (Å²) in [6.45, 7) is 1.40. The summed E-state index contributed by atoms with van der Waals surface area (Å²) in [5.41, 5.74) is 1.58. The molecule has 0 aliphatic heterocycles. The molecule has 27 heavy (non-hydrogen) atoms. The molecule has 0 fully saturated rings. The number of benzene rings is 2. The third-order valence-electron chi connectivity index (χ3n) is 3.47. The fourth-order valence-corrected chi connectivity index (χ4v) is 2.88. The zero-order chi connectivity index (χ0) is 20.0. The molecule has 0 aliphatic carbocycles. The van der Waals surface area contributed by atoms with Crippen LogP contribution in [0.15, 0.2) is 42.5 Å². The molecule has 1 N–H and O–H groups in total. The Bertz CT molecular complexity index is 831. The highest BCUT2D eigenvalue weighted by atomic mass is 35.5. The highest BCUT2D eigenvalue weighted by Crippen LogP contribution is 2.27.